The van der Waals surface area contributed by atoms with Crippen molar-refractivity contribution in [3.05, 3.63) is 0 Å². The molecule has 31 nitrogen and oxygen atoms in total. The number of carbonyl (C=O) groups is 12. The molecule has 73 heavy (non-hydrogen) atoms. The molecule has 0 aromatic heterocycles. The first-order valence-corrected chi connectivity index (χ1v) is 23.2. The number of nitrogens with two attached hydrogens (primary N) is 5. The number of carbonyl (C=O) groups excluding carboxylic acids is 10. The van der Waals surface area contributed by atoms with E-state index in [9.17, 15) is 62.6 Å². The Labute approximate surface area is 421 Å². The second-order valence-corrected chi connectivity index (χ2v) is 17.5. The van der Waals surface area contributed by atoms with Crippen LogP contribution >= 0.6 is 0 Å². The molecule has 0 aliphatic heterocycles. The number of carboxylic acid groups (broad SMARTS) is 2. The quantitative estimate of drug-likeness (QED) is 0.0159. The number of aliphatic imine (C=N–C) groups is 2. The van der Waals surface area contributed by atoms with Crippen LogP contribution in [0.5, 0.6) is 0 Å². The van der Waals surface area contributed by atoms with Gasteiger partial charge >= 0.3 is 11.9 Å². The fourth-order valence-corrected chi connectivity index (χ4v) is 6.15. The maximum absolute atomic E-state index is 13.7. The fourth-order valence-electron chi connectivity index (χ4n) is 6.15. The zero-order valence-electron chi connectivity index (χ0n) is 42.0. The average Bonchev–Trinajstić information content (AvgIpc) is 3.29. The molecule has 31 heteroatoms. The van der Waals surface area contributed by atoms with Crippen LogP contribution in [0.2, 0.25) is 0 Å². The lowest BCUT2D eigenvalue weighted by molar-refractivity contribution is -0.141. The molecule has 0 aliphatic rings. The molecule has 0 fully saturated rings. The lowest BCUT2D eigenvalue weighted by Crippen LogP contribution is -2.59. The van der Waals surface area contributed by atoms with Gasteiger partial charge in [-0.15, -0.1) is 0 Å². The third-order valence-corrected chi connectivity index (χ3v) is 9.83. The monoisotopic (exact) mass is 1040 g/mol. The highest BCUT2D eigenvalue weighted by molar-refractivity contribution is 5.98. The normalized spacial score (nSPS) is 13.6. The maximum Gasteiger partial charge on any atom is 0.322 e. The van der Waals surface area contributed by atoms with E-state index in [1.165, 1.54) is 13.8 Å². The van der Waals surface area contributed by atoms with Crippen molar-refractivity contribution < 1.29 is 67.7 Å². The average molecular weight is 1040 g/mol. The summed E-state index contributed by atoms with van der Waals surface area (Å²) in [7, 11) is 0. The van der Waals surface area contributed by atoms with E-state index in [1.54, 1.807) is 27.7 Å². The van der Waals surface area contributed by atoms with Gasteiger partial charge in [-0.05, 0) is 64.2 Å². The Hall–Kier alpha value is -7.86. The largest absolute Gasteiger partial charge is 0.481 e. The summed E-state index contributed by atoms with van der Waals surface area (Å²) in [5.74, 6) is -12.2. The van der Waals surface area contributed by atoms with Crippen LogP contribution in [0.25, 0.3) is 0 Å². The number of nitrogens with zero attached hydrogens (tertiary/aromatic N) is 2. The van der Waals surface area contributed by atoms with E-state index in [1.807, 2.05) is 5.32 Å². The SMILES string of the molecule is CC(C)C[C@H](NC(=O)[C@H](C)NC(=O)[C@@H](C)NC(=O)[C@H](CC(C)C)NC(=O)[C@H](CC(=O)O)NC(=O)CNC(=O)[C@@H](N)CCCN=C(N)N)C(=O)N[C@@H](CCCN=C(N)N)C(=O)NCC(=O)NCC(=O)NCC(=O)O. The highest BCUT2D eigenvalue weighted by Crippen LogP contribution is 2.09. The van der Waals surface area contributed by atoms with Crippen LogP contribution in [-0.4, -0.2) is 175 Å². The number of hydrogen-bond donors (Lipinski definition) is 17. The van der Waals surface area contributed by atoms with Crippen LogP contribution in [0.3, 0.4) is 0 Å². The van der Waals surface area contributed by atoms with Gasteiger partial charge in [0, 0.05) is 13.1 Å². The Bertz CT molecular complexity index is 1990. The second-order valence-electron chi connectivity index (χ2n) is 17.5. The zero-order chi connectivity index (χ0) is 56.0. The van der Waals surface area contributed by atoms with Gasteiger partial charge in [0.25, 0.3) is 0 Å². The van der Waals surface area contributed by atoms with Crippen molar-refractivity contribution in [2.24, 2.45) is 50.5 Å². The topological polar surface area (TPSA) is 520 Å². The van der Waals surface area contributed by atoms with Crippen molar-refractivity contribution in [3.8, 4) is 0 Å². The molecule has 0 rings (SSSR count). The van der Waals surface area contributed by atoms with Gasteiger partial charge in [-0.3, -0.25) is 67.5 Å². The number of nitrogens with one attached hydrogen (secondary N) is 10. The van der Waals surface area contributed by atoms with Crippen LogP contribution in [-0.2, 0) is 57.5 Å². The first kappa shape index (κ1) is 65.1. The first-order valence-electron chi connectivity index (χ1n) is 23.2. The van der Waals surface area contributed by atoms with Crippen LogP contribution in [0.4, 0.5) is 0 Å². The summed E-state index contributed by atoms with van der Waals surface area (Å²) in [4.78, 5) is 160. The number of hydrogen-bond acceptors (Lipinski definition) is 15. The molecule has 0 aromatic rings. The third kappa shape index (κ3) is 30.5. The summed E-state index contributed by atoms with van der Waals surface area (Å²) in [5, 5.41) is 41.6. The summed E-state index contributed by atoms with van der Waals surface area (Å²) >= 11 is 0. The van der Waals surface area contributed by atoms with Gasteiger partial charge in [-0.2, -0.15) is 0 Å². The summed E-state index contributed by atoms with van der Waals surface area (Å²) in [5.41, 5.74) is 27.1. The Kier molecular flexibility index (Phi) is 30.8. The highest BCUT2D eigenvalue weighted by Gasteiger charge is 2.33. The van der Waals surface area contributed by atoms with Crippen molar-refractivity contribution in [2.45, 2.75) is 129 Å². The van der Waals surface area contributed by atoms with Gasteiger partial charge < -0.3 is 92.0 Å². The van der Waals surface area contributed by atoms with E-state index in [-0.39, 0.29) is 68.9 Å². The molecular formula is C42H75N17O14. The van der Waals surface area contributed by atoms with E-state index in [4.69, 9.17) is 33.8 Å². The minimum Gasteiger partial charge on any atom is -0.481 e. The molecule has 10 amide bonds. The Balaban J connectivity index is 5.81. The molecule has 7 atom stereocenters. The molecule has 0 bridgehead atoms. The zero-order valence-corrected chi connectivity index (χ0v) is 42.0. The van der Waals surface area contributed by atoms with Crippen LogP contribution in [0.15, 0.2) is 9.98 Å². The number of amides is 10. The van der Waals surface area contributed by atoms with Crippen molar-refractivity contribution in [2.75, 3.05) is 39.3 Å². The van der Waals surface area contributed by atoms with Gasteiger partial charge in [0.1, 0.15) is 42.8 Å². The van der Waals surface area contributed by atoms with Gasteiger partial charge in [-0.25, -0.2) is 0 Å². The lowest BCUT2D eigenvalue weighted by atomic mass is 10.0. The third-order valence-electron chi connectivity index (χ3n) is 9.83. The number of guanidine groups is 2. The van der Waals surface area contributed by atoms with E-state index >= 15 is 0 Å². The Morgan fingerprint density at radius 1 is 0.425 bits per heavy atom. The fraction of sp³-hybridized carbons (Fsp3) is 0.667. The number of aliphatic carboxylic acids is 2. The lowest BCUT2D eigenvalue weighted by Gasteiger charge is -2.26. The van der Waals surface area contributed by atoms with Crippen LogP contribution < -0.4 is 81.8 Å². The maximum atomic E-state index is 13.7. The minimum absolute atomic E-state index is 0.0132. The molecule has 0 aliphatic carbocycles. The van der Waals surface area contributed by atoms with E-state index in [2.05, 4.69) is 57.8 Å². The Morgan fingerprint density at radius 2 is 0.822 bits per heavy atom. The highest BCUT2D eigenvalue weighted by atomic mass is 16.4. The molecule has 412 valence electrons. The summed E-state index contributed by atoms with van der Waals surface area (Å²) < 4.78 is 0. The van der Waals surface area contributed by atoms with E-state index in [0.717, 1.165) is 0 Å². The van der Waals surface area contributed by atoms with Gasteiger partial charge in [0.2, 0.25) is 59.1 Å². The van der Waals surface area contributed by atoms with Gasteiger partial charge in [0.15, 0.2) is 11.9 Å². The standard InChI is InChI=1S/C42H75N17O14/c1-20(2)13-26(59-40(73)28(15-32(63)64)56-31(62)18-52-36(69)24(43)9-7-11-48-41(44)45)38(71)55-22(5)34(67)54-23(6)35(68)58-27(14-21(3)4)39(72)57-25(10-8-12-49-42(46)47)37(70)53-17-30(61)50-16-29(60)51-19-33(65)66/h20-28H,7-19,43H2,1-6H3,(H,50,61)(H,51,60)(H,52,69)(H,53,70)(H,54,67)(H,55,71)(H,56,62)(H,57,72)(H,58,68)(H,59,73)(H,63,64)(H,65,66)(H4,44,45,48)(H4,46,47,49)/t22-,23+,24+,25+,26+,27+,28+/m1/s1. The molecule has 0 saturated heterocycles. The molecule has 0 aromatic carbocycles. The molecule has 22 N–H and O–H groups in total. The van der Waals surface area contributed by atoms with E-state index in [0.29, 0.717) is 6.42 Å². The Morgan fingerprint density at radius 3 is 1.32 bits per heavy atom. The van der Waals surface area contributed by atoms with E-state index < -0.39 is 146 Å². The molecule has 0 saturated carbocycles. The van der Waals surface area contributed by atoms with Gasteiger partial charge in [0.05, 0.1) is 32.1 Å². The van der Waals surface area contributed by atoms with Crippen LogP contribution in [0.1, 0.15) is 86.5 Å². The molecule has 0 spiro atoms. The smallest absolute Gasteiger partial charge is 0.322 e. The second kappa shape index (κ2) is 34.5. The molecule has 0 radical (unpaired) electrons. The molecule has 0 heterocycles. The summed E-state index contributed by atoms with van der Waals surface area (Å²) in [6.07, 6.45) is -0.230. The summed E-state index contributed by atoms with van der Waals surface area (Å²) in [6.45, 7) is 7.20. The minimum atomic E-state index is -1.71. The predicted octanol–water partition coefficient (Wildman–Crippen LogP) is -7.51. The predicted molar refractivity (Wildman–Crippen MR) is 262 cm³/mol. The van der Waals surface area contributed by atoms with Crippen molar-refractivity contribution in [3.63, 3.8) is 0 Å². The van der Waals surface area contributed by atoms with Crippen molar-refractivity contribution in [1.29, 1.82) is 0 Å². The number of rotatable bonds is 35. The van der Waals surface area contributed by atoms with Crippen molar-refractivity contribution in [1.82, 2.24) is 53.2 Å². The molecular weight excluding hydrogens is 967 g/mol. The van der Waals surface area contributed by atoms with Gasteiger partial charge in [-0.1, -0.05) is 27.7 Å². The molecule has 0 unspecified atom stereocenters. The van der Waals surface area contributed by atoms with Crippen LogP contribution in [0, 0.1) is 11.8 Å². The first-order chi connectivity index (χ1) is 34.0. The summed E-state index contributed by atoms with van der Waals surface area (Å²) in [6, 6.07) is -9.32. The number of carboxylic acids is 2. The van der Waals surface area contributed by atoms with Crippen molar-refractivity contribution >= 4 is 82.9 Å².